The second kappa shape index (κ2) is 5.96. The van der Waals surface area contributed by atoms with E-state index in [4.69, 9.17) is 9.47 Å². The van der Waals surface area contributed by atoms with E-state index in [0.717, 1.165) is 57.0 Å². The van der Waals surface area contributed by atoms with Gasteiger partial charge in [0, 0.05) is 44.5 Å². The van der Waals surface area contributed by atoms with Gasteiger partial charge in [0.25, 0.3) is 0 Å². The maximum absolute atomic E-state index is 12.6. The second-order valence-electron chi connectivity index (χ2n) is 7.43. The van der Waals surface area contributed by atoms with Crippen LogP contribution in [0, 0.1) is 11.3 Å². The van der Waals surface area contributed by atoms with Crippen molar-refractivity contribution in [2.45, 2.75) is 26.2 Å². The first-order valence-electron chi connectivity index (χ1n) is 8.99. The zero-order valence-electron chi connectivity index (χ0n) is 14.6. The lowest BCUT2D eigenvalue weighted by atomic mass is 9.73. The Hall–Kier alpha value is -1.75. The summed E-state index contributed by atoms with van der Waals surface area (Å²) < 4.78 is 11.4. The zero-order valence-corrected chi connectivity index (χ0v) is 14.6. The molecule has 3 heterocycles. The van der Waals surface area contributed by atoms with E-state index in [1.165, 1.54) is 5.69 Å². The Balaban J connectivity index is 1.54. The average molecular weight is 330 g/mol. The Bertz CT molecular complexity index is 631. The van der Waals surface area contributed by atoms with Crippen molar-refractivity contribution in [3.63, 3.8) is 0 Å². The number of nitrogens with zero attached hydrogens (tertiary/aromatic N) is 2. The van der Waals surface area contributed by atoms with Crippen LogP contribution in [-0.2, 0) is 9.53 Å². The number of rotatable bonds is 2. The van der Waals surface area contributed by atoms with Gasteiger partial charge in [0.1, 0.15) is 5.75 Å². The molecule has 0 radical (unpaired) electrons. The first kappa shape index (κ1) is 15.8. The van der Waals surface area contributed by atoms with Crippen molar-refractivity contribution in [3.05, 3.63) is 18.2 Å². The van der Waals surface area contributed by atoms with Gasteiger partial charge >= 0.3 is 0 Å². The quantitative estimate of drug-likeness (QED) is 0.836. The van der Waals surface area contributed by atoms with E-state index in [9.17, 15) is 4.79 Å². The van der Waals surface area contributed by atoms with Gasteiger partial charge in [-0.15, -0.1) is 0 Å². The van der Waals surface area contributed by atoms with Crippen LogP contribution in [-0.4, -0.2) is 45.9 Å². The predicted octanol–water partition coefficient (Wildman–Crippen LogP) is 2.68. The lowest BCUT2D eigenvalue weighted by Gasteiger charge is -2.53. The molecule has 130 valence electrons. The van der Waals surface area contributed by atoms with Crippen molar-refractivity contribution in [2.24, 2.45) is 11.3 Å². The van der Waals surface area contributed by atoms with Crippen LogP contribution in [0.1, 0.15) is 26.2 Å². The molecule has 2 saturated heterocycles. The second-order valence-corrected chi connectivity index (χ2v) is 7.43. The highest BCUT2D eigenvalue weighted by Gasteiger charge is 2.44. The fourth-order valence-corrected chi connectivity index (χ4v) is 4.10. The minimum absolute atomic E-state index is 0.0552. The molecule has 1 spiro atoms. The molecule has 0 aromatic heterocycles. The highest BCUT2D eigenvalue weighted by Crippen LogP contribution is 2.44. The summed E-state index contributed by atoms with van der Waals surface area (Å²) in [6.45, 7) is 6.47. The average Bonchev–Trinajstić information content (AvgIpc) is 2.71. The molecule has 2 fully saturated rings. The van der Waals surface area contributed by atoms with Crippen LogP contribution in [0.15, 0.2) is 18.2 Å². The summed E-state index contributed by atoms with van der Waals surface area (Å²) in [6.07, 6.45) is 3.13. The van der Waals surface area contributed by atoms with Crippen LogP contribution in [0.5, 0.6) is 5.75 Å². The first-order valence-corrected chi connectivity index (χ1v) is 8.99. The summed E-state index contributed by atoms with van der Waals surface area (Å²) in [6, 6.07) is 6.24. The molecule has 0 bridgehead atoms. The van der Waals surface area contributed by atoms with E-state index in [2.05, 4.69) is 17.0 Å². The molecule has 1 aromatic rings. The van der Waals surface area contributed by atoms with Crippen LogP contribution in [0.4, 0.5) is 11.4 Å². The van der Waals surface area contributed by atoms with Gasteiger partial charge < -0.3 is 19.3 Å². The molecule has 1 amide bonds. The molecule has 0 unspecified atom stereocenters. The number of carbonyl (C=O) groups is 1. The molecule has 0 saturated carbocycles. The number of ether oxygens (including phenoxy) is 2. The van der Waals surface area contributed by atoms with E-state index >= 15 is 0 Å². The Morgan fingerprint density at radius 2 is 2.00 bits per heavy atom. The van der Waals surface area contributed by atoms with Gasteiger partial charge in [0.15, 0.2) is 0 Å². The van der Waals surface area contributed by atoms with Crippen molar-refractivity contribution in [2.75, 3.05) is 49.8 Å². The first-order chi connectivity index (χ1) is 11.6. The third-order valence-corrected chi connectivity index (χ3v) is 5.89. The molecule has 5 nitrogen and oxygen atoms in total. The number of carbonyl (C=O) groups excluding carboxylic acids is 1. The maximum atomic E-state index is 12.6. The van der Waals surface area contributed by atoms with Gasteiger partial charge in [-0.1, -0.05) is 6.92 Å². The summed E-state index contributed by atoms with van der Waals surface area (Å²) >= 11 is 0. The third-order valence-electron chi connectivity index (χ3n) is 5.89. The Morgan fingerprint density at radius 3 is 2.71 bits per heavy atom. The largest absolute Gasteiger partial charge is 0.491 e. The van der Waals surface area contributed by atoms with Crippen LogP contribution in [0.3, 0.4) is 0 Å². The van der Waals surface area contributed by atoms with Gasteiger partial charge in [0.05, 0.1) is 18.2 Å². The molecule has 0 aliphatic carbocycles. The zero-order chi connectivity index (χ0) is 16.7. The topological polar surface area (TPSA) is 42.0 Å². The summed E-state index contributed by atoms with van der Waals surface area (Å²) in [5.74, 6) is 0.908. The monoisotopic (exact) mass is 330 g/mol. The SMILES string of the molecule is CC[C@H]1COc2ccc(N3CC4(CCOCC4)C3)cc2N(C)C1=O. The molecule has 3 aliphatic heterocycles. The lowest BCUT2D eigenvalue weighted by Crippen LogP contribution is -2.58. The van der Waals surface area contributed by atoms with Crippen molar-refractivity contribution in [3.8, 4) is 5.75 Å². The Kier molecular flexibility index (Phi) is 3.91. The van der Waals surface area contributed by atoms with E-state index in [0.29, 0.717) is 12.0 Å². The van der Waals surface area contributed by atoms with Gasteiger partial charge in [-0.05, 0) is 37.5 Å². The summed E-state index contributed by atoms with van der Waals surface area (Å²) in [5, 5.41) is 0. The Morgan fingerprint density at radius 1 is 1.25 bits per heavy atom. The summed E-state index contributed by atoms with van der Waals surface area (Å²) in [7, 11) is 1.86. The highest BCUT2D eigenvalue weighted by atomic mass is 16.5. The number of anilines is 2. The molecule has 1 atom stereocenters. The van der Waals surface area contributed by atoms with E-state index in [-0.39, 0.29) is 11.8 Å². The molecule has 5 heteroatoms. The minimum Gasteiger partial charge on any atom is -0.491 e. The van der Waals surface area contributed by atoms with Crippen molar-refractivity contribution < 1.29 is 14.3 Å². The number of hydrogen-bond acceptors (Lipinski definition) is 4. The number of amides is 1. The summed E-state index contributed by atoms with van der Waals surface area (Å²) in [5.41, 5.74) is 2.52. The summed E-state index contributed by atoms with van der Waals surface area (Å²) in [4.78, 5) is 16.7. The van der Waals surface area contributed by atoms with Crippen LogP contribution in [0.2, 0.25) is 0 Å². The van der Waals surface area contributed by atoms with E-state index < -0.39 is 0 Å². The molecule has 0 N–H and O–H groups in total. The molecule has 1 aromatic carbocycles. The minimum atomic E-state index is -0.0552. The number of fused-ring (bicyclic) bond motifs is 1. The number of hydrogen-bond donors (Lipinski definition) is 0. The van der Waals surface area contributed by atoms with Crippen molar-refractivity contribution in [1.29, 1.82) is 0 Å². The molecule has 4 rings (SSSR count). The van der Waals surface area contributed by atoms with Gasteiger partial charge in [-0.2, -0.15) is 0 Å². The third kappa shape index (κ3) is 2.55. The van der Waals surface area contributed by atoms with E-state index in [1.807, 2.05) is 20.0 Å². The molecule has 24 heavy (non-hydrogen) atoms. The highest BCUT2D eigenvalue weighted by molar-refractivity contribution is 5.97. The fourth-order valence-electron chi connectivity index (χ4n) is 4.10. The lowest BCUT2D eigenvalue weighted by molar-refractivity contribution is -0.122. The maximum Gasteiger partial charge on any atom is 0.233 e. The van der Waals surface area contributed by atoms with Crippen LogP contribution < -0.4 is 14.5 Å². The van der Waals surface area contributed by atoms with Crippen LogP contribution >= 0.6 is 0 Å². The normalized spacial score (nSPS) is 25.8. The van der Waals surface area contributed by atoms with E-state index in [1.54, 1.807) is 4.90 Å². The predicted molar refractivity (Wildman–Crippen MR) is 93.8 cm³/mol. The standard InChI is InChI=1S/C19H26N2O3/c1-3-14-11-24-17-5-4-15(10-16(17)20(2)18(14)22)21-12-19(13-21)6-8-23-9-7-19/h4-5,10,14H,3,6-9,11-13H2,1-2H3/t14-/m0/s1. The van der Waals surface area contributed by atoms with Crippen molar-refractivity contribution >= 4 is 17.3 Å². The van der Waals surface area contributed by atoms with Gasteiger partial charge in [-0.3, -0.25) is 4.79 Å². The van der Waals surface area contributed by atoms with Gasteiger partial charge in [0.2, 0.25) is 5.91 Å². The smallest absolute Gasteiger partial charge is 0.233 e. The van der Waals surface area contributed by atoms with Gasteiger partial charge in [-0.25, -0.2) is 0 Å². The fraction of sp³-hybridized carbons (Fsp3) is 0.632. The van der Waals surface area contributed by atoms with Crippen molar-refractivity contribution in [1.82, 2.24) is 0 Å². The van der Waals surface area contributed by atoms with Crippen LogP contribution in [0.25, 0.3) is 0 Å². The molecular weight excluding hydrogens is 304 g/mol. The molecular formula is C19H26N2O3. The Labute approximate surface area is 143 Å². The number of benzene rings is 1. The molecule has 3 aliphatic rings.